The van der Waals surface area contributed by atoms with E-state index >= 15 is 0 Å². The van der Waals surface area contributed by atoms with Crippen molar-refractivity contribution < 1.29 is 18.8 Å². The number of aryl methyl sites for hydroxylation is 2. The molecule has 5 heterocycles. The maximum Gasteiger partial charge on any atom is 0.263 e. The van der Waals surface area contributed by atoms with Crippen molar-refractivity contribution in [3.8, 4) is 17.1 Å². The highest BCUT2D eigenvalue weighted by Crippen LogP contribution is 2.37. The van der Waals surface area contributed by atoms with Crippen LogP contribution in [-0.2, 0) is 4.79 Å². The highest BCUT2D eigenvalue weighted by Gasteiger charge is 2.29. The molecule has 9 nitrogen and oxygen atoms in total. The number of rotatable bonds is 0. The number of H-pyrrole nitrogens is 1. The van der Waals surface area contributed by atoms with Crippen molar-refractivity contribution in [2.45, 2.75) is 20.3 Å². The van der Waals surface area contributed by atoms with E-state index in [1.807, 2.05) is 6.92 Å². The van der Waals surface area contributed by atoms with Gasteiger partial charge in [0.15, 0.2) is 0 Å². The lowest BCUT2D eigenvalue weighted by molar-refractivity contribution is -0.110. The predicted octanol–water partition coefficient (Wildman–Crippen LogP) is 3.03. The van der Waals surface area contributed by atoms with Gasteiger partial charge in [0.05, 0.1) is 34.8 Å². The molecule has 9 heteroatoms. The van der Waals surface area contributed by atoms with Crippen molar-refractivity contribution in [3.63, 3.8) is 0 Å². The number of hydrogen-bond acceptors (Lipinski definition) is 6. The summed E-state index contributed by atoms with van der Waals surface area (Å²) in [5.41, 5.74) is 4.65. The molecule has 3 aromatic heterocycles. The molecule has 31 heavy (non-hydrogen) atoms. The number of carbonyl (C=O) groups is 2. The molecule has 2 bridgehead atoms. The second kappa shape index (κ2) is 7.12. The van der Waals surface area contributed by atoms with Gasteiger partial charge in [-0.15, -0.1) is 0 Å². The minimum absolute atomic E-state index is 0.135. The van der Waals surface area contributed by atoms with Crippen molar-refractivity contribution in [1.29, 1.82) is 0 Å². The van der Waals surface area contributed by atoms with E-state index in [4.69, 9.17) is 14.2 Å². The first kappa shape index (κ1) is 19.1. The summed E-state index contributed by atoms with van der Waals surface area (Å²) in [7, 11) is 1.75. The summed E-state index contributed by atoms with van der Waals surface area (Å²) in [4.78, 5) is 35.3. The SMILES string of the molecule is Cc1cc2c([nH]1)/C=C1\C(=O)Nc3ccc(nc31)-c1c(noc1C)OCCCN(C)C2=O. The Morgan fingerprint density at radius 3 is 2.87 bits per heavy atom. The quantitative estimate of drug-likeness (QED) is 0.579. The zero-order chi connectivity index (χ0) is 21.7. The van der Waals surface area contributed by atoms with E-state index in [0.717, 1.165) is 5.69 Å². The van der Waals surface area contributed by atoms with Crippen LogP contribution >= 0.6 is 0 Å². The fourth-order valence-electron chi connectivity index (χ4n) is 3.90. The summed E-state index contributed by atoms with van der Waals surface area (Å²) in [5, 5.41) is 6.85. The van der Waals surface area contributed by atoms with Crippen LogP contribution in [0.25, 0.3) is 22.9 Å². The van der Waals surface area contributed by atoms with Gasteiger partial charge in [-0.3, -0.25) is 9.59 Å². The van der Waals surface area contributed by atoms with Gasteiger partial charge in [-0.1, -0.05) is 0 Å². The summed E-state index contributed by atoms with van der Waals surface area (Å²) in [6.45, 7) is 4.53. The van der Waals surface area contributed by atoms with Crippen molar-refractivity contribution >= 4 is 29.2 Å². The largest absolute Gasteiger partial charge is 0.475 e. The molecule has 2 N–H and O–H groups in total. The van der Waals surface area contributed by atoms with Crippen LogP contribution in [0, 0.1) is 13.8 Å². The molecular formula is C22H21N5O4. The number of nitrogens with one attached hydrogen (secondary N) is 2. The normalized spacial score (nSPS) is 17.6. The standard InChI is InChI=1S/C22H21N5O4/c1-11-9-13-17(23-11)10-14-19-16(25-20(14)28)6-5-15(24-19)18-12(2)31-26-21(18)30-8-4-7-27(3)22(13)29/h5-6,9-10,23H,4,7-8H2,1-3H3,(H,25,28)/b14-10-. The van der Waals surface area contributed by atoms with Crippen molar-refractivity contribution in [3.05, 3.63) is 46.6 Å². The van der Waals surface area contributed by atoms with Crippen molar-refractivity contribution in [1.82, 2.24) is 20.0 Å². The lowest BCUT2D eigenvalue weighted by Crippen LogP contribution is -2.29. The lowest BCUT2D eigenvalue weighted by atomic mass is 10.1. The highest BCUT2D eigenvalue weighted by atomic mass is 16.5. The van der Waals surface area contributed by atoms with Crippen molar-refractivity contribution in [2.24, 2.45) is 0 Å². The zero-order valence-electron chi connectivity index (χ0n) is 17.4. The van der Waals surface area contributed by atoms with Gasteiger partial charge in [-0.05, 0) is 49.7 Å². The van der Waals surface area contributed by atoms with E-state index < -0.39 is 0 Å². The summed E-state index contributed by atoms with van der Waals surface area (Å²) < 4.78 is 11.2. The van der Waals surface area contributed by atoms with E-state index in [0.29, 0.717) is 70.7 Å². The highest BCUT2D eigenvalue weighted by molar-refractivity contribution is 6.34. The second-order valence-electron chi connectivity index (χ2n) is 7.73. The molecule has 0 atom stereocenters. The van der Waals surface area contributed by atoms with Crippen LogP contribution in [0.1, 0.15) is 39.6 Å². The minimum Gasteiger partial charge on any atom is -0.475 e. The fourth-order valence-corrected chi connectivity index (χ4v) is 3.90. The first-order valence-electron chi connectivity index (χ1n) is 10.0. The van der Waals surface area contributed by atoms with Crippen LogP contribution in [0.5, 0.6) is 5.88 Å². The van der Waals surface area contributed by atoms with Crippen LogP contribution < -0.4 is 10.1 Å². The van der Waals surface area contributed by atoms with Crippen molar-refractivity contribution in [2.75, 3.05) is 25.5 Å². The Hall–Kier alpha value is -3.88. The number of ether oxygens (including phenoxy) is 1. The Kier molecular flexibility index (Phi) is 4.39. The van der Waals surface area contributed by atoms with E-state index in [1.54, 1.807) is 43.1 Å². The Balaban J connectivity index is 1.72. The Morgan fingerprint density at radius 2 is 2.03 bits per heavy atom. The number of nitrogens with zero attached hydrogens (tertiary/aromatic N) is 3. The molecular weight excluding hydrogens is 398 g/mol. The molecule has 2 aliphatic rings. The molecule has 2 amide bonds. The molecule has 0 radical (unpaired) electrons. The number of fused-ring (bicyclic) bond motifs is 4. The summed E-state index contributed by atoms with van der Waals surface area (Å²) >= 11 is 0. The van der Waals surface area contributed by atoms with Gasteiger partial charge in [0, 0.05) is 19.3 Å². The van der Waals surface area contributed by atoms with E-state index in [2.05, 4.69) is 15.5 Å². The molecule has 5 rings (SSSR count). The van der Waals surface area contributed by atoms with Gasteiger partial charge < -0.3 is 24.5 Å². The molecule has 0 fully saturated rings. The molecule has 0 unspecified atom stereocenters. The topological polar surface area (TPSA) is 113 Å². The fraction of sp³-hybridized carbons (Fsp3) is 0.273. The van der Waals surface area contributed by atoms with Gasteiger partial charge in [-0.2, -0.15) is 0 Å². The average Bonchev–Trinajstić information content (AvgIpc) is 3.39. The summed E-state index contributed by atoms with van der Waals surface area (Å²) in [6, 6.07) is 5.39. The summed E-state index contributed by atoms with van der Waals surface area (Å²) in [5.74, 6) is 0.507. The number of hydrogen-bond donors (Lipinski definition) is 2. The molecule has 0 spiro atoms. The van der Waals surface area contributed by atoms with Gasteiger partial charge in [0.2, 0.25) is 0 Å². The number of amides is 2. The van der Waals surface area contributed by atoms with Gasteiger partial charge >= 0.3 is 0 Å². The van der Waals surface area contributed by atoms with E-state index in [9.17, 15) is 9.59 Å². The smallest absolute Gasteiger partial charge is 0.263 e. The van der Waals surface area contributed by atoms with Gasteiger partial charge in [0.1, 0.15) is 17.0 Å². The Morgan fingerprint density at radius 1 is 1.19 bits per heavy atom. The number of aromatic amines is 1. The predicted molar refractivity (Wildman–Crippen MR) is 114 cm³/mol. The molecule has 0 aromatic carbocycles. The monoisotopic (exact) mass is 419 g/mol. The number of aromatic nitrogens is 3. The van der Waals surface area contributed by atoms with Gasteiger partial charge in [-0.25, -0.2) is 4.98 Å². The van der Waals surface area contributed by atoms with Gasteiger partial charge in [0.25, 0.3) is 17.7 Å². The minimum atomic E-state index is -0.276. The first-order valence-corrected chi connectivity index (χ1v) is 10.0. The molecule has 2 aliphatic heterocycles. The molecule has 3 aromatic rings. The Bertz CT molecular complexity index is 1250. The third kappa shape index (κ3) is 3.18. The van der Waals surface area contributed by atoms with Crippen LogP contribution in [0.2, 0.25) is 0 Å². The second-order valence-corrected chi connectivity index (χ2v) is 7.73. The first-order chi connectivity index (χ1) is 14.9. The van der Waals surface area contributed by atoms with Crippen LogP contribution in [-0.4, -0.2) is 52.0 Å². The molecule has 0 saturated heterocycles. The van der Waals surface area contributed by atoms with E-state index in [-0.39, 0.29) is 11.8 Å². The number of pyridine rings is 1. The lowest BCUT2D eigenvalue weighted by Gasteiger charge is -2.17. The number of carbonyl (C=O) groups excluding carboxylic acids is 2. The van der Waals surface area contributed by atoms with Crippen LogP contribution in [0.4, 0.5) is 5.69 Å². The summed E-state index contributed by atoms with van der Waals surface area (Å²) in [6.07, 6.45) is 2.30. The van der Waals surface area contributed by atoms with E-state index in [1.165, 1.54) is 0 Å². The Labute approximate surface area is 178 Å². The third-order valence-corrected chi connectivity index (χ3v) is 5.46. The number of anilines is 1. The maximum absolute atomic E-state index is 13.0. The van der Waals surface area contributed by atoms with Crippen LogP contribution in [0.15, 0.2) is 22.7 Å². The average molecular weight is 419 g/mol. The molecule has 0 aliphatic carbocycles. The maximum atomic E-state index is 13.0. The molecule has 158 valence electrons. The third-order valence-electron chi connectivity index (χ3n) is 5.46. The zero-order valence-corrected chi connectivity index (χ0v) is 17.4. The molecule has 0 saturated carbocycles. The van der Waals surface area contributed by atoms with Crippen LogP contribution in [0.3, 0.4) is 0 Å².